The average molecular weight is 313 g/mol. The zero-order valence-corrected chi connectivity index (χ0v) is 12.6. The average Bonchev–Trinajstić information content (AvgIpc) is 2.48. The van der Waals surface area contributed by atoms with Gasteiger partial charge in [-0.3, -0.25) is 9.78 Å². The maximum absolute atomic E-state index is 12.3. The Hall–Kier alpha value is -1.51. The molecule has 0 aromatic carbocycles. The summed E-state index contributed by atoms with van der Waals surface area (Å²) in [5, 5.41) is 8.93. The Morgan fingerprint density at radius 2 is 1.95 bits per heavy atom. The molecule has 0 saturated carbocycles. The quantitative estimate of drug-likeness (QED) is 0.836. The lowest BCUT2D eigenvalue weighted by Gasteiger charge is -2.30. The number of carboxylic acid groups (broad SMARTS) is 1. The molecule has 2 rings (SSSR count). The van der Waals surface area contributed by atoms with Crippen LogP contribution in [0, 0.1) is 5.92 Å². The molecule has 8 heteroatoms. The molecule has 1 fully saturated rings. The van der Waals surface area contributed by atoms with E-state index in [-0.39, 0.29) is 19.1 Å². The van der Waals surface area contributed by atoms with Crippen LogP contribution in [0.25, 0.3) is 0 Å². The predicted molar refractivity (Wildman–Crippen MR) is 76.6 cm³/mol. The minimum Gasteiger partial charge on any atom is -0.481 e. The molecule has 1 aromatic heterocycles. The minimum absolute atomic E-state index is 0.232. The molecule has 1 atom stereocenters. The summed E-state index contributed by atoms with van der Waals surface area (Å²) in [5.41, 5.74) is 0.828. The molecule has 0 bridgehead atoms. The van der Waals surface area contributed by atoms with E-state index < -0.39 is 22.1 Å². The Morgan fingerprint density at radius 3 is 2.48 bits per heavy atom. The summed E-state index contributed by atoms with van der Waals surface area (Å²) in [6.07, 6.45) is 3.91. The number of nitrogens with zero attached hydrogens (tertiary/aromatic N) is 2. The van der Waals surface area contributed by atoms with Gasteiger partial charge in [0.25, 0.3) is 10.2 Å². The highest BCUT2D eigenvalue weighted by atomic mass is 32.2. The van der Waals surface area contributed by atoms with Crippen LogP contribution >= 0.6 is 0 Å². The van der Waals surface area contributed by atoms with Crippen LogP contribution in [0.2, 0.25) is 0 Å². The van der Waals surface area contributed by atoms with E-state index in [1.165, 1.54) is 4.31 Å². The van der Waals surface area contributed by atoms with Crippen molar-refractivity contribution in [2.24, 2.45) is 5.92 Å². The molecule has 0 aliphatic carbocycles. The number of aromatic nitrogens is 1. The summed E-state index contributed by atoms with van der Waals surface area (Å²) >= 11 is 0. The Labute approximate surface area is 124 Å². The number of hydrogen-bond acceptors (Lipinski definition) is 4. The Bertz CT molecular complexity index is 583. The number of nitrogens with one attached hydrogen (secondary N) is 1. The number of pyridine rings is 1. The second-order valence-corrected chi connectivity index (χ2v) is 6.84. The lowest BCUT2D eigenvalue weighted by molar-refractivity contribution is -0.142. The first-order valence-electron chi connectivity index (χ1n) is 6.80. The molecular formula is C13H19N3O4S. The maximum atomic E-state index is 12.3. The van der Waals surface area contributed by atoms with Crippen LogP contribution in [0.15, 0.2) is 24.5 Å². The lowest BCUT2D eigenvalue weighted by Crippen LogP contribution is -2.46. The SMILES string of the molecule is CC(NS(=O)(=O)N1CCC(C(=O)O)CC1)c1ccncc1. The van der Waals surface area contributed by atoms with Crippen molar-refractivity contribution < 1.29 is 18.3 Å². The van der Waals surface area contributed by atoms with Gasteiger partial charge in [-0.15, -0.1) is 0 Å². The van der Waals surface area contributed by atoms with Crippen LogP contribution < -0.4 is 4.72 Å². The lowest BCUT2D eigenvalue weighted by atomic mass is 9.99. The van der Waals surface area contributed by atoms with E-state index in [1.807, 2.05) is 0 Å². The van der Waals surface area contributed by atoms with Crippen molar-refractivity contribution in [3.63, 3.8) is 0 Å². The molecule has 0 amide bonds. The van der Waals surface area contributed by atoms with Crippen LogP contribution in [-0.2, 0) is 15.0 Å². The highest BCUT2D eigenvalue weighted by Crippen LogP contribution is 2.21. The monoisotopic (exact) mass is 313 g/mol. The molecule has 1 aliphatic heterocycles. The Morgan fingerprint density at radius 1 is 1.38 bits per heavy atom. The first-order chi connectivity index (χ1) is 9.90. The number of aliphatic carboxylic acids is 1. The molecule has 0 radical (unpaired) electrons. The molecular weight excluding hydrogens is 294 g/mol. The van der Waals surface area contributed by atoms with Gasteiger partial charge in [0.1, 0.15) is 0 Å². The van der Waals surface area contributed by atoms with E-state index in [1.54, 1.807) is 31.5 Å². The van der Waals surface area contributed by atoms with Gasteiger partial charge in [-0.2, -0.15) is 17.4 Å². The van der Waals surface area contributed by atoms with Crippen LogP contribution in [-0.4, -0.2) is 41.9 Å². The molecule has 2 heterocycles. The highest BCUT2D eigenvalue weighted by molar-refractivity contribution is 7.87. The van der Waals surface area contributed by atoms with Gasteiger partial charge in [0.15, 0.2) is 0 Å². The molecule has 0 spiro atoms. The topological polar surface area (TPSA) is 99.6 Å². The molecule has 7 nitrogen and oxygen atoms in total. The number of rotatable bonds is 5. The van der Waals surface area contributed by atoms with Gasteiger partial charge in [0, 0.05) is 31.5 Å². The maximum Gasteiger partial charge on any atom is 0.306 e. The van der Waals surface area contributed by atoms with Crippen LogP contribution in [0.5, 0.6) is 0 Å². The van der Waals surface area contributed by atoms with Gasteiger partial charge in [-0.05, 0) is 37.5 Å². The highest BCUT2D eigenvalue weighted by Gasteiger charge is 2.31. The zero-order chi connectivity index (χ0) is 15.5. The van der Waals surface area contributed by atoms with Gasteiger partial charge in [0.05, 0.1) is 5.92 Å². The van der Waals surface area contributed by atoms with Crippen molar-refractivity contribution in [2.75, 3.05) is 13.1 Å². The van der Waals surface area contributed by atoms with E-state index in [2.05, 4.69) is 9.71 Å². The van der Waals surface area contributed by atoms with Crippen molar-refractivity contribution in [3.05, 3.63) is 30.1 Å². The van der Waals surface area contributed by atoms with Crippen LogP contribution in [0.3, 0.4) is 0 Å². The summed E-state index contributed by atoms with van der Waals surface area (Å²) in [6, 6.07) is 3.14. The zero-order valence-electron chi connectivity index (χ0n) is 11.8. The van der Waals surface area contributed by atoms with E-state index in [0.717, 1.165) is 5.56 Å². The molecule has 1 aliphatic rings. The fourth-order valence-electron chi connectivity index (χ4n) is 2.36. The third kappa shape index (κ3) is 3.99. The molecule has 116 valence electrons. The largest absolute Gasteiger partial charge is 0.481 e. The second-order valence-electron chi connectivity index (χ2n) is 5.14. The summed E-state index contributed by atoms with van der Waals surface area (Å²) in [7, 11) is -3.61. The fraction of sp³-hybridized carbons (Fsp3) is 0.538. The van der Waals surface area contributed by atoms with Gasteiger partial charge in [0.2, 0.25) is 0 Å². The normalized spacial score (nSPS) is 19.3. The number of piperidine rings is 1. The first-order valence-corrected chi connectivity index (χ1v) is 8.24. The van der Waals surface area contributed by atoms with Crippen molar-refractivity contribution in [3.8, 4) is 0 Å². The van der Waals surface area contributed by atoms with Crippen LogP contribution in [0.4, 0.5) is 0 Å². The molecule has 2 N–H and O–H groups in total. The third-order valence-corrected chi connectivity index (χ3v) is 5.37. The standard InChI is InChI=1S/C13H19N3O4S/c1-10(11-2-6-14-7-3-11)15-21(19,20)16-8-4-12(5-9-16)13(17)18/h2-3,6-7,10,12,15H,4-5,8-9H2,1H3,(H,17,18). The Kier molecular flexibility index (Phi) is 4.92. The predicted octanol–water partition coefficient (Wildman–Crippen LogP) is 0.774. The third-order valence-electron chi connectivity index (χ3n) is 3.67. The first kappa shape index (κ1) is 15.9. The summed E-state index contributed by atoms with van der Waals surface area (Å²) < 4.78 is 28.5. The van der Waals surface area contributed by atoms with E-state index >= 15 is 0 Å². The number of carbonyl (C=O) groups is 1. The van der Waals surface area contributed by atoms with E-state index in [4.69, 9.17) is 5.11 Å². The second kappa shape index (κ2) is 6.50. The molecule has 1 saturated heterocycles. The van der Waals surface area contributed by atoms with Crippen molar-refractivity contribution in [1.82, 2.24) is 14.0 Å². The fourth-order valence-corrected chi connectivity index (χ4v) is 3.78. The molecule has 1 unspecified atom stereocenters. The molecule has 1 aromatic rings. The smallest absolute Gasteiger partial charge is 0.306 e. The van der Waals surface area contributed by atoms with E-state index in [0.29, 0.717) is 12.8 Å². The summed E-state index contributed by atoms with van der Waals surface area (Å²) in [6.45, 7) is 2.22. The van der Waals surface area contributed by atoms with Crippen molar-refractivity contribution >= 4 is 16.2 Å². The number of carboxylic acids is 1. The minimum atomic E-state index is -3.61. The van der Waals surface area contributed by atoms with Gasteiger partial charge in [-0.1, -0.05) is 0 Å². The van der Waals surface area contributed by atoms with E-state index in [9.17, 15) is 13.2 Å². The van der Waals surface area contributed by atoms with Crippen molar-refractivity contribution in [2.45, 2.75) is 25.8 Å². The van der Waals surface area contributed by atoms with Gasteiger partial charge in [-0.25, -0.2) is 0 Å². The van der Waals surface area contributed by atoms with Crippen molar-refractivity contribution in [1.29, 1.82) is 0 Å². The molecule has 21 heavy (non-hydrogen) atoms. The van der Waals surface area contributed by atoms with Gasteiger partial charge >= 0.3 is 5.97 Å². The number of hydrogen-bond donors (Lipinski definition) is 2. The summed E-state index contributed by atoms with van der Waals surface area (Å²) in [4.78, 5) is 14.8. The van der Waals surface area contributed by atoms with Gasteiger partial charge < -0.3 is 5.11 Å². The van der Waals surface area contributed by atoms with Crippen LogP contribution in [0.1, 0.15) is 31.4 Å². The Balaban J connectivity index is 1.98. The summed E-state index contributed by atoms with van der Waals surface area (Å²) in [5.74, 6) is -1.31.